The lowest BCUT2D eigenvalue weighted by molar-refractivity contribution is -0.145. The van der Waals surface area contributed by atoms with E-state index >= 15 is 0 Å². The predicted octanol–water partition coefficient (Wildman–Crippen LogP) is -1.92. The number of hydrogen-bond donors (Lipinski definition) is 5. The fraction of sp³-hybridized carbons (Fsp3) is 0.556. The Hall–Kier alpha value is -2.32. The zero-order valence-electron chi connectivity index (χ0n) is 9.63. The number of carbonyl (C=O) groups excluding carboxylic acids is 1. The predicted molar refractivity (Wildman–Crippen MR) is 61.7 cm³/mol. The molecule has 1 atom stereocenters. The summed E-state index contributed by atoms with van der Waals surface area (Å²) < 4.78 is 0. The Morgan fingerprint density at radius 2 is 1.83 bits per heavy atom. The number of aliphatic imine (C=N–C) groups is 1. The van der Waals surface area contributed by atoms with Gasteiger partial charge in [0, 0.05) is 6.54 Å². The van der Waals surface area contributed by atoms with Crippen molar-refractivity contribution in [2.24, 2.45) is 16.5 Å². The molecule has 0 aromatic carbocycles. The van der Waals surface area contributed by atoms with E-state index < -0.39 is 30.3 Å². The fourth-order valence-electron chi connectivity index (χ4n) is 1.14. The molecule has 0 aliphatic rings. The molecule has 9 heteroatoms. The second-order valence-corrected chi connectivity index (χ2v) is 3.48. The Morgan fingerprint density at radius 1 is 1.22 bits per heavy atom. The largest absolute Gasteiger partial charge is 0.481 e. The number of nitrogens with one attached hydrogen (secondary N) is 1. The minimum Gasteiger partial charge on any atom is -0.481 e. The number of carboxylic acid groups (broad SMARTS) is 2. The zero-order chi connectivity index (χ0) is 14.1. The van der Waals surface area contributed by atoms with Crippen molar-refractivity contribution >= 4 is 23.8 Å². The maximum Gasteiger partial charge on any atom is 0.326 e. The van der Waals surface area contributed by atoms with E-state index in [-0.39, 0.29) is 18.9 Å². The van der Waals surface area contributed by atoms with Crippen molar-refractivity contribution in [2.75, 3.05) is 6.54 Å². The molecule has 1 unspecified atom stereocenters. The van der Waals surface area contributed by atoms with E-state index in [1.54, 1.807) is 0 Å². The van der Waals surface area contributed by atoms with Crippen LogP contribution in [-0.4, -0.2) is 46.6 Å². The van der Waals surface area contributed by atoms with Crippen molar-refractivity contribution in [1.82, 2.24) is 5.32 Å². The molecule has 7 N–H and O–H groups in total. The topological polar surface area (TPSA) is 168 Å². The summed E-state index contributed by atoms with van der Waals surface area (Å²) in [7, 11) is 0. The van der Waals surface area contributed by atoms with Gasteiger partial charge in [0.25, 0.3) is 0 Å². The molecular formula is C9H16N4O5. The van der Waals surface area contributed by atoms with Crippen LogP contribution in [0.25, 0.3) is 0 Å². The van der Waals surface area contributed by atoms with Gasteiger partial charge < -0.3 is 27.0 Å². The van der Waals surface area contributed by atoms with Crippen LogP contribution in [0, 0.1) is 0 Å². The summed E-state index contributed by atoms with van der Waals surface area (Å²) in [4.78, 5) is 35.8. The number of hydrogen-bond acceptors (Lipinski definition) is 4. The third-order valence-electron chi connectivity index (χ3n) is 1.89. The number of amides is 1. The van der Waals surface area contributed by atoms with E-state index in [9.17, 15) is 14.4 Å². The first-order valence-corrected chi connectivity index (χ1v) is 5.12. The van der Waals surface area contributed by atoms with E-state index in [1.165, 1.54) is 0 Å². The SMILES string of the molecule is NC(N)=NCCCC(NC(=O)CC(=O)O)C(=O)O. The minimum absolute atomic E-state index is 0.100. The number of aliphatic carboxylic acids is 2. The van der Waals surface area contributed by atoms with Crippen LogP contribution in [-0.2, 0) is 14.4 Å². The molecule has 0 fully saturated rings. The summed E-state index contributed by atoms with van der Waals surface area (Å²) in [6, 6.07) is -1.15. The minimum atomic E-state index is -1.32. The highest BCUT2D eigenvalue weighted by molar-refractivity contribution is 5.95. The van der Waals surface area contributed by atoms with Crippen molar-refractivity contribution in [2.45, 2.75) is 25.3 Å². The number of carbonyl (C=O) groups is 3. The molecule has 0 bridgehead atoms. The summed E-state index contributed by atoms with van der Waals surface area (Å²) in [5, 5.41) is 19.3. The summed E-state index contributed by atoms with van der Waals surface area (Å²) in [5.41, 5.74) is 10.2. The van der Waals surface area contributed by atoms with Crippen LogP contribution >= 0.6 is 0 Å². The average Bonchev–Trinajstić information content (AvgIpc) is 2.20. The molecule has 0 spiro atoms. The first-order chi connectivity index (χ1) is 8.32. The number of guanidine groups is 1. The lowest BCUT2D eigenvalue weighted by Gasteiger charge is -2.13. The van der Waals surface area contributed by atoms with Gasteiger partial charge in [0.2, 0.25) is 5.91 Å². The molecule has 0 radical (unpaired) electrons. The highest BCUT2D eigenvalue weighted by Gasteiger charge is 2.20. The van der Waals surface area contributed by atoms with E-state index in [2.05, 4.69) is 10.3 Å². The summed E-state index contributed by atoms with van der Waals surface area (Å²) in [5.74, 6) is -3.51. The third kappa shape index (κ3) is 7.91. The van der Waals surface area contributed by atoms with Gasteiger partial charge in [-0.25, -0.2) is 4.79 Å². The van der Waals surface area contributed by atoms with Crippen LogP contribution in [0.1, 0.15) is 19.3 Å². The number of nitrogens with two attached hydrogens (primary N) is 2. The molecule has 1 amide bonds. The molecule has 0 aliphatic carbocycles. The van der Waals surface area contributed by atoms with Crippen molar-refractivity contribution in [3.63, 3.8) is 0 Å². The van der Waals surface area contributed by atoms with Gasteiger partial charge in [-0.3, -0.25) is 14.6 Å². The van der Waals surface area contributed by atoms with Gasteiger partial charge >= 0.3 is 11.9 Å². The maximum atomic E-state index is 11.1. The highest BCUT2D eigenvalue weighted by Crippen LogP contribution is 1.99. The van der Waals surface area contributed by atoms with Crippen molar-refractivity contribution in [1.29, 1.82) is 0 Å². The van der Waals surface area contributed by atoms with Gasteiger partial charge in [0.1, 0.15) is 12.5 Å². The standard InChI is InChI=1S/C9H16N4O5/c10-9(11)12-3-1-2-5(8(17)18)13-6(14)4-7(15)16/h5H,1-4H2,(H,13,14)(H,15,16)(H,17,18)(H4,10,11,12). The van der Waals surface area contributed by atoms with Gasteiger partial charge in [-0.1, -0.05) is 0 Å². The van der Waals surface area contributed by atoms with Crippen LogP contribution in [0.5, 0.6) is 0 Å². The molecule has 102 valence electrons. The second kappa shape index (κ2) is 7.87. The number of rotatable bonds is 8. The Bertz CT molecular complexity index is 351. The summed E-state index contributed by atoms with van der Waals surface area (Å²) >= 11 is 0. The molecule has 9 nitrogen and oxygen atoms in total. The quantitative estimate of drug-likeness (QED) is 0.147. The lowest BCUT2D eigenvalue weighted by atomic mass is 10.1. The zero-order valence-corrected chi connectivity index (χ0v) is 9.63. The number of nitrogens with zero attached hydrogens (tertiary/aromatic N) is 1. The Kier molecular flexibility index (Phi) is 6.86. The Balaban J connectivity index is 4.15. The lowest BCUT2D eigenvalue weighted by Crippen LogP contribution is -2.41. The van der Waals surface area contributed by atoms with Gasteiger partial charge in [0.15, 0.2) is 5.96 Å². The summed E-state index contributed by atoms with van der Waals surface area (Å²) in [6.45, 7) is 0.237. The van der Waals surface area contributed by atoms with E-state index in [0.29, 0.717) is 6.42 Å². The fourth-order valence-corrected chi connectivity index (χ4v) is 1.14. The molecule has 18 heavy (non-hydrogen) atoms. The monoisotopic (exact) mass is 260 g/mol. The van der Waals surface area contributed by atoms with Gasteiger partial charge in [-0.2, -0.15) is 0 Å². The molecule has 0 aliphatic heterocycles. The van der Waals surface area contributed by atoms with E-state index in [1.807, 2.05) is 0 Å². The first-order valence-electron chi connectivity index (χ1n) is 5.12. The van der Waals surface area contributed by atoms with Gasteiger partial charge in [-0.15, -0.1) is 0 Å². The molecule has 0 saturated carbocycles. The van der Waals surface area contributed by atoms with E-state index in [4.69, 9.17) is 21.7 Å². The van der Waals surface area contributed by atoms with Gasteiger partial charge in [0.05, 0.1) is 0 Å². The summed E-state index contributed by atoms with van der Waals surface area (Å²) in [6.07, 6.45) is -0.308. The van der Waals surface area contributed by atoms with Crippen LogP contribution in [0.15, 0.2) is 4.99 Å². The van der Waals surface area contributed by atoms with Crippen molar-refractivity contribution < 1.29 is 24.6 Å². The smallest absolute Gasteiger partial charge is 0.326 e. The molecule has 0 heterocycles. The molecule has 0 aromatic heterocycles. The molecule has 0 aromatic rings. The highest BCUT2D eigenvalue weighted by atomic mass is 16.4. The average molecular weight is 260 g/mol. The van der Waals surface area contributed by atoms with Crippen LogP contribution in [0.4, 0.5) is 0 Å². The van der Waals surface area contributed by atoms with Crippen LogP contribution < -0.4 is 16.8 Å². The second-order valence-electron chi connectivity index (χ2n) is 3.48. The van der Waals surface area contributed by atoms with Crippen molar-refractivity contribution in [3.05, 3.63) is 0 Å². The maximum absolute atomic E-state index is 11.1. The molecule has 0 rings (SSSR count). The van der Waals surface area contributed by atoms with Gasteiger partial charge in [-0.05, 0) is 12.8 Å². The molecular weight excluding hydrogens is 244 g/mol. The Morgan fingerprint density at radius 3 is 2.28 bits per heavy atom. The van der Waals surface area contributed by atoms with Crippen LogP contribution in [0.3, 0.4) is 0 Å². The van der Waals surface area contributed by atoms with Crippen molar-refractivity contribution in [3.8, 4) is 0 Å². The first kappa shape index (κ1) is 15.7. The van der Waals surface area contributed by atoms with E-state index in [0.717, 1.165) is 0 Å². The third-order valence-corrected chi connectivity index (χ3v) is 1.89. The van der Waals surface area contributed by atoms with Crippen LogP contribution in [0.2, 0.25) is 0 Å². The molecule has 0 saturated heterocycles. The Labute approximate surface area is 103 Å². The normalized spacial score (nSPS) is 11.3. The number of carboxylic acids is 2.